The highest BCUT2D eigenvalue weighted by atomic mass is 32.2. The third-order valence-electron chi connectivity index (χ3n) is 4.92. The quantitative estimate of drug-likeness (QED) is 0.757. The van der Waals surface area contributed by atoms with Gasteiger partial charge >= 0.3 is 0 Å². The maximum Gasteiger partial charge on any atom is 0.210 e. The summed E-state index contributed by atoms with van der Waals surface area (Å²) in [7, 11) is -1.98. The maximum atomic E-state index is 14.3. The summed E-state index contributed by atoms with van der Waals surface area (Å²) in [4.78, 5) is 13.3. The highest BCUT2D eigenvalue weighted by Gasteiger charge is 2.45. The number of ketones is 1. The van der Waals surface area contributed by atoms with Crippen molar-refractivity contribution in [1.29, 1.82) is 0 Å². The Morgan fingerprint density at radius 1 is 1.11 bits per heavy atom. The summed E-state index contributed by atoms with van der Waals surface area (Å²) in [6, 6.07) is 10.4. The summed E-state index contributed by atoms with van der Waals surface area (Å²) in [6.07, 6.45) is 1.55. The molecular formula is C21H21FO5S. The molecule has 0 fully saturated rings. The minimum atomic E-state index is -3.35. The van der Waals surface area contributed by atoms with Crippen LogP contribution < -0.4 is 4.74 Å². The molecule has 0 aliphatic carbocycles. The summed E-state index contributed by atoms with van der Waals surface area (Å²) >= 11 is 0. The number of methoxy groups -OCH3 is 1. The Balaban J connectivity index is 2.18. The number of benzene rings is 2. The van der Waals surface area contributed by atoms with Crippen molar-refractivity contribution in [3.63, 3.8) is 0 Å². The molecule has 3 rings (SSSR count). The van der Waals surface area contributed by atoms with E-state index in [2.05, 4.69) is 0 Å². The Kier molecular flexibility index (Phi) is 5.06. The number of ether oxygens (including phenoxy) is 2. The standard InChI is InChI=1S/C21H21FO5S/c1-5-21(2)20(23)18(14-8-11-17(26-3)16(22)12-14)19(27-21)13-6-9-15(10-7-13)28(4,24)25/h6-12H,5H2,1-4H3. The summed E-state index contributed by atoms with van der Waals surface area (Å²) in [5, 5.41) is 0. The van der Waals surface area contributed by atoms with E-state index < -0.39 is 21.3 Å². The number of sulfone groups is 1. The van der Waals surface area contributed by atoms with Crippen LogP contribution in [0.1, 0.15) is 31.4 Å². The maximum absolute atomic E-state index is 14.3. The van der Waals surface area contributed by atoms with Crippen LogP contribution in [0.5, 0.6) is 5.75 Å². The lowest BCUT2D eigenvalue weighted by molar-refractivity contribution is -0.126. The van der Waals surface area contributed by atoms with Crippen LogP contribution in [0.25, 0.3) is 11.3 Å². The van der Waals surface area contributed by atoms with E-state index in [1.165, 1.54) is 31.4 Å². The average molecular weight is 404 g/mol. The minimum absolute atomic E-state index is 0.0769. The number of hydrogen-bond donors (Lipinski definition) is 0. The molecule has 5 nitrogen and oxygen atoms in total. The molecule has 1 aliphatic rings. The van der Waals surface area contributed by atoms with Gasteiger partial charge in [-0.1, -0.05) is 13.0 Å². The van der Waals surface area contributed by atoms with E-state index >= 15 is 0 Å². The van der Waals surface area contributed by atoms with Crippen LogP contribution in [-0.2, 0) is 19.4 Å². The zero-order valence-corrected chi connectivity index (χ0v) is 16.9. The second-order valence-electron chi connectivity index (χ2n) is 6.87. The minimum Gasteiger partial charge on any atom is -0.494 e. The largest absolute Gasteiger partial charge is 0.494 e. The SMILES string of the molecule is CCC1(C)OC(c2ccc(S(C)(=O)=O)cc2)=C(c2ccc(OC)c(F)c2)C1=O. The van der Waals surface area contributed by atoms with Gasteiger partial charge in [-0.3, -0.25) is 4.79 Å². The molecular weight excluding hydrogens is 383 g/mol. The number of carbonyl (C=O) groups excluding carboxylic acids is 1. The van der Waals surface area contributed by atoms with E-state index in [-0.39, 0.29) is 22.0 Å². The average Bonchev–Trinajstić information content (AvgIpc) is 2.93. The molecule has 1 aliphatic heterocycles. The van der Waals surface area contributed by atoms with Gasteiger partial charge < -0.3 is 9.47 Å². The molecule has 28 heavy (non-hydrogen) atoms. The van der Waals surface area contributed by atoms with Crippen LogP contribution in [0.2, 0.25) is 0 Å². The highest BCUT2D eigenvalue weighted by Crippen LogP contribution is 2.43. The summed E-state index contributed by atoms with van der Waals surface area (Å²) in [6.45, 7) is 3.52. The predicted octanol–water partition coefficient (Wildman–Crippen LogP) is 3.87. The summed E-state index contributed by atoms with van der Waals surface area (Å²) in [5.74, 6) is -0.453. The fourth-order valence-corrected chi connectivity index (χ4v) is 3.69. The van der Waals surface area contributed by atoms with Crippen LogP contribution >= 0.6 is 0 Å². The van der Waals surface area contributed by atoms with Gasteiger partial charge in [0, 0.05) is 11.8 Å². The molecule has 0 saturated heterocycles. The lowest BCUT2D eigenvalue weighted by Gasteiger charge is -2.21. The van der Waals surface area contributed by atoms with Gasteiger partial charge in [-0.25, -0.2) is 12.8 Å². The van der Waals surface area contributed by atoms with Gasteiger partial charge in [0.2, 0.25) is 5.78 Å². The number of Topliss-reactive ketones (excluding diaryl/α,β-unsaturated/α-hetero) is 1. The van der Waals surface area contributed by atoms with Gasteiger partial charge in [-0.2, -0.15) is 0 Å². The van der Waals surface area contributed by atoms with E-state index in [9.17, 15) is 17.6 Å². The van der Waals surface area contributed by atoms with Crippen molar-refractivity contribution < 1.29 is 27.1 Å². The molecule has 0 N–H and O–H groups in total. The van der Waals surface area contributed by atoms with Gasteiger partial charge in [0.15, 0.2) is 27.0 Å². The Hall–Kier alpha value is -2.67. The molecule has 0 amide bonds. The zero-order chi connectivity index (χ0) is 20.7. The molecule has 148 valence electrons. The molecule has 0 bridgehead atoms. The van der Waals surface area contributed by atoms with Crippen LogP contribution in [-0.4, -0.2) is 33.2 Å². The molecule has 0 spiro atoms. The van der Waals surface area contributed by atoms with Crippen molar-refractivity contribution in [3.8, 4) is 5.75 Å². The molecule has 7 heteroatoms. The van der Waals surface area contributed by atoms with Gasteiger partial charge in [0.1, 0.15) is 5.76 Å². The second kappa shape index (κ2) is 7.05. The smallest absolute Gasteiger partial charge is 0.210 e. The van der Waals surface area contributed by atoms with E-state index in [0.29, 0.717) is 23.3 Å². The molecule has 1 heterocycles. The first kappa shape index (κ1) is 20.1. The Morgan fingerprint density at radius 3 is 2.21 bits per heavy atom. The van der Waals surface area contributed by atoms with Crippen LogP contribution in [0.15, 0.2) is 47.4 Å². The van der Waals surface area contributed by atoms with Crippen LogP contribution in [0, 0.1) is 5.82 Å². The van der Waals surface area contributed by atoms with Crippen molar-refractivity contribution in [3.05, 3.63) is 59.4 Å². The first-order valence-electron chi connectivity index (χ1n) is 8.73. The lowest BCUT2D eigenvalue weighted by Crippen LogP contribution is -2.32. The monoisotopic (exact) mass is 404 g/mol. The highest BCUT2D eigenvalue weighted by molar-refractivity contribution is 7.90. The Labute approximate surface area is 163 Å². The third-order valence-corrected chi connectivity index (χ3v) is 6.05. The van der Waals surface area contributed by atoms with Crippen molar-refractivity contribution >= 4 is 27.0 Å². The molecule has 1 atom stereocenters. The number of rotatable bonds is 5. The third kappa shape index (κ3) is 3.42. The topological polar surface area (TPSA) is 69.7 Å². The normalized spacial score (nSPS) is 19.7. The number of carbonyl (C=O) groups is 1. The van der Waals surface area contributed by atoms with Crippen LogP contribution in [0.3, 0.4) is 0 Å². The second-order valence-corrected chi connectivity index (χ2v) is 8.88. The number of halogens is 1. The van der Waals surface area contributed by atoms with E-state index in [1.807, 2.05) is 6.92 Å². The molecule has 0 radical (unpaired) electrons. The van der Waals surface area contributed by atoms with Gasteiger partial charge in [-0.15, -0.1) is 0 Å². The van der Waals surface area contributed by atoms with E-state index in [0.717, 1.165) is 6.26 Å². The zero-order valence-electron chi connectivity index (χ0n) is 16.1. The fourth-order valence-electron chi connectivity index (χ4n) is 3.06. The molecule has 0 saturated carbocycles. The van der Waals surface area contributed by atoms with Gasteiger partial charge in [-0.05, 0) is 55.3 Å². The summed E-state index contributed by atoms with van der Waals surface area (Å²) < 4.78 is 48.6. The van der Waals surface area contributed by atoms with Crippen molar-refractivity contribution in [2.75, 3.05) is 13.4 Å². The van der Waals surface area contributed by atoms with Crippen molar-refractivity contribution in [1.82, 2.24) is 0 Å². The predicted molar refractivity (Wildman–Crippen MR) is 104 cm³/mol. The van der Waals surface area contributed by atoms with Crippen molar-refractivity contribution in [2.24, 2.45) is 0 Å². The molecule has 1 unspecified atom stereocenters. The number of hydrogen-bond acceptors (Lipinski definition) is 5. The van der Waals surface area contributed by atoms with E-state index in [1.54, 1.807) is 25.1 Å². The van der Waals surface area contributed by atoms with Crippen molar-refractivity contribution in [2.45, 2.75) is 30.8 Å². The van der Waals surface area contributed by atoms with Crippen LogP contribution in [0.4, 0.5) is 4.39 Å². The Bertz CT molecular complexity index is 1070. The van der Waals surface area contributed by atoms with Gasteiger partial charge in [0.25, 0.3) is 0 Å². The lowest BCUT2D eigenvalue weighted by atomic mass is 9.90. The summed E-state index contributed by atoms with van der Waals surface area (Å²) in [5.41, 5.74) is 0.112. The Morgan fingerprint density at radius 2 is 1.71 bits per heavy atom. The molecule has 0 aromatic heterocycles. The molecule has 2 aromatic rings. The van der Waals surface area contributed by atoms with Gasteiger partial charge in [0.05, 0.1) is 17.6 Å². The fraction of sp³-hybridized carbons (Fsp3) is 0.286. The molecule has 2 aromatic carbocycles. The van der Waals surface area contributed by atoms with E-state index in [4.69, 9.17) is 9.47 Å². The first-order chi connectivity index (χ1) is 13.1. The first-order valence-corrected chi connectivity index (χ1v) is 10.6.